The Morgan fingerprint density at radius 1 is 1.18 bits per heavy atom. The quantitative estimate of drug-likeness (QED) is 0.566. The molecule has 1 N–H and O–H groups in total. The van der Waals surface area contributed by atoms with Gasteiger partial charge in [0, 0.05) is 4.47 Å². The van der Waals surface area contributed by atoms with Crippen LogP contribution >= 0.6 is 39.1 Å². The lowest BCUT2D eigenvalue weighted by atomic mass is 10.1. The summed E-state index contributed by atoms with van der Waals surface area (Å²) in [5.74, 6) is -0.553. The van der Waals surface area contributed by atoms with Crippen molar-refractivity contribution in [3.63, 3.8) is 0 Å². The fourth-order valence-corrected chi connectivity index (χ4v) is 2.43. The smallest absolute Gasteiger partial charge is 0.266 e. The van der Waals surface area contributed by atoms with Gasteiger partial charge in [-0.3, -0.25) is 4.79 Å². The van der Waals surface area contributed by atoms with Gasteiger partial charge in [0.15, 0.2) is 0 Å². The largest absolute Gasteiger partial charge is 0.320 e. The minimum atomic E-state index is -0.553. The molecule has 0 aromatic heterocycles. The fourth-order valence-electron chi connectivity index (χ4n) is 1.69. The summed E-state index contributed by atoms with van der Waals surface area (Å²) in [5, 5.41) is 12.3. The topological polar surface area (TPSA) is 52.9 Å². The summed E-state index contributed by atoms with van der Waals surface area (Å²) in [4.78, 5) is 12.2. The summed E-state index contributed by atoms with van der Waals surface area (Å²) in [6.07, 6.45) is 1.50. The highest BCUT2D eigenvalue weighted by Gasteiger charge is 2.13. The zero-order chi connectivity index (χ0) is 16.1. The molecule has 0 fully saturated rings. The van der Waals surface area contributed by atoms with Gasteiger partial charge in [-0.2, -0.15) is 5.26 Å². The Bertz CT molecular complexity index is 797. The number of halogens is 3. The molecule has 3 nitrogen and oxygen atoms in total. The van der Waals surface area contributed by atoms with Crippen LogP contribution < -0.4 is 5.32 Å². The van der Waals surface area contributed by atoms with E-state index in [9.17, 15) is 10.1 Å². The first-order valence-electron chi connectivity index (χ1n) is 6.14. The maximum absolute atomic E-state index is 12.2. The number of nitriles is 1. The third-order valence-corrected chi connectivity index (χ3v) is 4.31. The molecule has 2 rings (SSSR count). The van der Waals surface area contributed by atoms with Crippen LogP contribution in [0.2, 0.25) is 10.0 Å². The van der Waals surface area contributed by atoms with Crippen molar-refractivity contribution in [1.29, 1.82) is 5.26 Å². The Labute approximate surface area is 146 Å². The molecular weight excluding hydrogens is 387 g/mol. The number of hydrogen-bond acceptors (Lipinski definition) is 2. The molecule has 2 aromatic carbocycles. The molecule has 0 radical (unpaired) electrons. The van der Waals surface area contributed by atoms with Gasteiger partial charge in [0.1, 0.15) is 11.6 Å². The van der Waals surface area contributed by atoms with Crippen LogP contribution in [-0.2, 0) is 4.79 Å². The highest BCUT2D eigenvalue weighted by Crippen LogP contribution is 2.30. The van der Waals surface area contributed by atoms with Crippen LogP contribution in [0.1, 0.15) is 5.56 Å². The van der Waals surface area contributed by atoms with E-state index in [1.165, 1.54) is 6.08 Å². The van der Waals surface area contributed by atoms with Crippen molar-refractivity contribution in [2.24, 2.45) is 0 Å². The van der Waals surface area contributed by atoms with Crippen molar-refractivity contribution < 1.29 is 4.79 Å². The van der Waals surface area contributed by atoms with E-state index in [2.05, 4.69) is 21.2 Å². The number of anilines is 1. The molecule has 22 heavy (non-hydrogen) atoms. The van der Waals surface area contributed by atoms with Crippen LogP contribution in [0.3, 0.4) is 0 Å². The van der Waals surface area contributed by atoms with Gasteiger partial charge in [0.05, 0.1) is 15.7 Å². The first-order valence-corrected chi connectivity index (χ1v) is 7.69. The third kappa shape index (κ3) is 3.89. The van der Waals surface area contributed by atoms with Gasteiger partial charge in [-0.15, -0.1) is 0 Å². The lowest BCUT2D eigenvalue weighted by molar-refractivity contribution is -0.112. The van der Waals surface area contributed by atoms with Gasteiger partial charge < -0.3 is 5.32 Å². The molecule has 0 aliphatic carbocycles. The van der Waals surface area contributed by atoms with Crippen molar-refractivity contribution in [3.05, 3.63) is 68.1 Å². The second-order valence-electron chi connectivity index (χ2n) is 4.25. The SMILES string of the molecule is N#C/C(=C/c1ccccc1Br)C(=O)Nc1cccc(Cl)c1Cl. The van der Waals surface area contributed by atoms with E-state index in [1.54, 1.807) is 24.3 Å². The predicted molar refractivity (Wildman–Crippen MR) is 92.8 cm³/mol. The molecule has 1 amide bonds. The molecule has 0 heterocycles. The van der Waals surface area contributed by atoms with E-state index < -0.39 is 5.91 Å². The van der Waals surface area contributed by atoms with Gasteiger partial charge in [-0.25, -0.2) is 0 Å². The molecule has 110 valence electrons. The molecule has 0 unspecified atom stereocenters. The molecule has 6 heteroatoms. The van der Waals surface area contributed by atoms with E-state index in [0.29, 0.717) is 10.7 Å². The number of carbonyl (C=O) groups is 1. The van der Waals surface area contributed by atoms with Crippen LogP contribution in [0.5, 0.6) is 0 Å². The Kier molecular flexibility index (Phi) is 5.62. The number of nitrogens with zero attached hydrogens (tertiary/aromatic N) is 1. The maximum atomic E-state index is 12.2. The lowest BCUT2D eigenvalue weighted by Crippen LogP contribution is -2.13. The van der Waals surface area contributed by atoms with E-state index in [1.807, 2.05) is 24.3 Å². The number of amides is 1. The number of rotatable bonds is 3. The van der Waals surface area contributed by atoms with E-state index in [-0.39, 0.29) is 10.6 Å². The summed E-state index contributed by atoms with van der Waals surface area (Å²) >= 11 is 15.3. The van der Waals surface area contributed by atoms with Crippen LogP contribution in [-0.4, -0.2) is 5.91 Å². The summed E-state index contributed by atoms with van der Waals surface area (Å²) in [6.45, 7) is 0. The molecule has 0 atom stereocenters. The molecule has 0 aliphatic rings. The summed E-state index contributed by atoms with van der Waals surface area (Å²) in [5.41, 5.74) is 1.04. The zero-order valence-corrected chi connectivity index (χ0v) is 14.2. The highest BCUT2D eigenvalue weighted by molar-refractivity contribution is 9.10. The van der Waals surface area contributed by atoms with Crippen molar-refractivity contribution in [1.82, 2.24) is 0 Å². The maximum Gasteiger partial charge on any atom is 0.266 e. The molecular formula is C16H9BrCl2N2O. The van der Waals surface area contributed by atoms with Gasteiger partial charge in [0.25, 0.3) is 5.91 Å². The molecule has 0 bridgehead atoms. The van der Waals surface area contributed by atoms with Gasteiger partial charge in [-0.1, -0.05) is 63.4 Å². The van der Waals surface area contributed by atoms with Crippen molar-refractivity contribution in [2.45, 2.75) is 0 Å². The molecule has 0 spiro atoms. The first kappa shape index (κ1) is 16.6. The molecule has 0 aliphatic heterocycles. The van der Waals surface area contributed by atoms with Crippen LogP contribution in [0.15, 0.2) is 52.5 Å². The predicted octanol–water partition coefficient (Wildman–Crippen LogP) is 5.30. The van der Waals surface area contributed by atoms with Crippen molar-refractivity contribution in [3.8, 4) is 6.07 Å². The number of nitrogens with one attached hydrogen (secondary N) is 1. The van der Waals surface area contributed by atoms with Crippen LogP contribution in [0.25, 0.3) is 6.08 Å². The Hall–Kier alpha value is -1.80. The molecule has 0 saturated carbocycles. The average molecular weight is 396 g/mol. The molecule has 2 aromatic rings. The highest BCUT2D eigenvalue weighted by atomic mass is 79.9. The van der Waals surface area contributed by atoms with Gasteiger partial charge >= 0.3 is 0 Å². The van der Waals surface area contributed by atoms with E-state index in [0.717, 1.165) is 10.0 Å². The normalized spacial score (nSPS) is 10.9. The summed E-state index contributed by atoms with van der Waals surface area (Å²) in [7, 11) is 0. The summed E-state index contributed by atoms with van der Waals surface area (Å²) in [6, 6.07) is 14.0. The fraction of sp³-hybridized carbons (Fsp3) is 0. The third-order valence-electron chi connectivity index (χ3n) is 2.77. The zero-order valence-electron chi connectivity index (χ0n) is 11.1. The number of carbonyl (C=O) groups excluding carboxylic acids is 1. The Balaban J connectivity index is 2.29. The van der Waals surface area contributed by atoms with E-state index in [4.69, 9.17) is 23.2 Å². The van der Waals surface area contributed by atoms with Crippen molar-refractivity contribution >= 4 is 56.8 Å². The monoisotopic (exact) mass is 394 g/mol. The number of hydrogen-bond donors (Lipinski definition) is 1. The second-order valence-corrected chi connectivity index (χ2v) is 5.89. The number of benzene rings is 2. The van der Waals surface area contributed by atoms with Crippen LogP contribution in [0, 0.1) is 11.3 Å². The standard InChI is InChI=1S/C16H9BrCl2N2O/c17-12-5-2-1-4-10(12)8-11(9-20)16(22)21-14-7-3-6-13(18)15(14)19/h1-8H,(H,21,22)/b11-8-. The average Bonchev–Trinajstić information content (AvgIpc) is 2.51. The minimum Gasteiger partial charge on any atom is -0.320 e. The van der Waals surface area contributed by atoms with Crippen molar-refractivity contribution in [2.75, 3.05) is 5.32 Å². The lowest BCUT2D eigenvalue weighted by Gasteiger charge is -2.07. The van der Waals surface area contributed by atoms with Gasteiger partial charge in [0.2, 0.25) is 0 Å². The Morgan fingerprint density at radius 2 is 1.91 bits per heavy atom. The summed E-state index contributed by atoms with van der Waals surface area (Å²) < 4.78 is 0.788. The van der Waals surface area contributed by atoms with Crippen LogP contribution in [0.4, 0.5) is 5.69 Å². The second kappa shape index (κ2) is 7.46. The Morgan fingerprint density at radius 3 is 2.59 bits per heavy atom. The molecule has 0 saturated heterocycles. The van der Waals surface area contributed by atoms with Gasteiger partial charge in [-0.05, 0) is 29.8 Å². The first-order chi connectivity index (χ1) is 10.5. The minimum absolute atomic E-state index is 0.0389. The van der Waals surface area contributed by atoms with E-state index >= 15 is 0 Å².